The van der Waals surface area contributed by atoms with Crippen molar-refractivity contribution in [1.29, 1.82) is 0 Å². The number of anilines is 2. The summed E-state index contributed by atoms with van der Waals surface area (Å²) in [7, 11) is 0. The van der Waals surface area contributed by atoms with Crippen molar-refractivity contribution in [3.63, 3.8) is 0 Å². The number of nitrogens with one attached hydrogen (secondary N) is 3. The average molecular weight is 357 g/mol. The van der Waals surface area contributed by atoms with Crippen molar-refractivity contribution >= 4 is 23.3 Å². The zero-order valence-corrected chi connectivity index (χ0v) is 14.7. The van der Waals surface area contributed by atoms with Crippen LogP contribution >= 0.6 is 0 Å². The smallest absolute Gasteiger partial charge is 0.319 e. The summed E-state index contributed by atoms with van der Waals surface area (Å²) in [5.74, 6) is -0.164. The number of amides is 3. The molecule has 1 fully saturated rings. The Labute approximate surface area is 151 Å². The molecule has 1 aromatic heterocycles. The zero-order valence-electron chi connectivity index (χ0n) is 14.7. The second-order valence-electron chi connectivity index (χ2n) is 6.31. The van der Waals surface area contributed by atoms with Crippen molar-refractivity contribution < 1.29 is 14.3 Å². The molecule has 26 heavy (non-hydrogen) atoms. The highest BCUT2D eigenvalue weighted by molar-refractivity contribution is 5.92. The molecule has 3 amide bonds. The van der Waals surface area contributed by atoms with Crippen LogP contribution in [0.25, 0.3) is 0 Å². The fraction of sp³-hybridized carbons (Fsp3) is 0.389. The summed E-state index contributed by atoms with van der Waals surface area (Å²) in [5, 5.41) is 12.4. The maximum absolute atomic E-state index is 12.0. The van der Waals surface area contributed by atoms with Gasteiger partial charge in [-0.15, -0.1) is 0 Å². The number of ether oxygens (including phenoxy) is 1. The van der Waals surface area contributed by atoms with Gasteiger partial charge in [0.15, 0.2) is 0 Å². The van der Waals surface area contributed by atoms with Crippen molar-refractivity contribution in [3.05, 3.63) is 42.2 Å². The lowest BCUT2D eigenvalue weighted by molar-refractivity contribution is -0.116. The van der Waals surface area contributed by atoms with E-state index in [2.05, 4.69) is 21.0 Å². The molecular formula is C18H23N5O3. The molecule has 1 saturated heterocycles. The third-order valence-electron chi connectivity index (χ3n) is 4.01. The van der Waals surface area contributed by atoms with Crippen LogP contribution in [0.5, 0.6) is 0 Å². The quantitative estimate of drug-likeness (QED) is 0.738. The number of benzene rings is 1. The fourth-order valence-corrected chi connectivity index (χ4v) is 2.73. The number of aromatic nitrogens is 2. The van der Waals surface area contributed by atoms with Gasteiger partial charge in [-0.2, -0.15) is 5.10 Å². The molecule has 3 rings (SSSR count). The molecule has 2 heterocycles. The monoisotopic (exact) mass is 357 g/mol. The average Bonchev–Trinajstić information content (AvgIpc) is 3.26. The molecule has 0 aliphatic carbocycles. The van der Waals surface area contributed by atoms with Crippen LogP contribution < -0.4 is 16.0 Å². The van der Waals surface area contributed by atoms with E-state index in [0.717, 1.165) is 25.0 Å². The number of rotatable bonds is 6. The molecule has 0 bridgehead atoms. The number of nitrogens with zero attached hydrogens (tertiary/aromatic N) is 2. The first kappa shape index (κ1) is 17.9. The first-order chi connectivity index (χ1) is 12.6. The van der Waals surface area contributed by atoms with Gasteiger partial charge in [-0.1, -0.05) is 0 Å². The SMILES string of the molecule is Cc1cnn(CC(=O)Nc2ccc(NC(=O)NCC3CCCO3)cc2)c1. The van der Waals surface area contributed by atoms with E-state index in [9.17, 15) is 9.59 Å². The summed E-state index contributed by atoms with van der Waals surface area (Å²) in [4.78, 5) is 23.9. The lowest BCUT2D eigenvalue weighted by Crippen LogP contribution is -2.35. The minimum atomic E-state index is -0.272. The van der Waals surface area contributed by atoms with E-state index >= 15 is 0 Å². The van der Waals surface area contributed by atoms with Crippen molar-refractivity contribution in [2.45, 2.75) is 32.4 Å². The Hall–Kier alpha value is -2.87. The predicted molar refractivity (Wildman–Crippen MR) is 98.0 cm³/mol. The largest absolute Gasteiger partial charge is 0.376 e. The molecule has 0 spiro atoms. The van der Waals surface area contributed by atoms with E-state index in [1.165, 1.54) is 0 Å². The number of carbonyl (C=O) groups excluding carboxylic acids is 2. The maximum Gasteiger partial charge on any atom is 0.319 e. The standard InChI is InChI=1S/C18H23N5O3/c1-13-9-20-23(11-13)12-17(24)21-14-4-6-15(7-5-14)22-18(25)19-10-16-3-2-8-26-16/h4-7,9,11,16H,2-3,8,10,12H2,1H3,(H,21,24)(H2,19,22,25). The summed E-state index contributed by atoms with van der Waals surface area (Å²) in [6.07, 6.45) is 5.64. The van der Waals surface area contributed by atoms with Crippen LogP contribution in [-0.2, 0) is 16.1 Å². The highest BCUT2D eigenvalue weighted by atomic mass is 16.5. The van der Waals surface area contributed by atoms with E-state index in [1.54, 1.807) is 35.1 Å². The minimum Gasteiger partial charge on any atom is -0.376 e. The normalized spacial score (nSPS) is 16.3. The zero-order chi connectivity index (χ0) is 18.4. The number of urea groups is 1. The van der Waals surface area contributed by atoms with Gasteiger partial charge in [-0.25, -0.2) is 4.79 Å². The van der Waals surface area contributed by atoms with Gasteiger partial charge in [0.05, 0.1) is 12.3 Å². The first-order valence-corrected chi connectivity index (χ1v) is 8.64. The Morgan fingerprint density at radius 1 is 1.23 bits per heavy atom. The third-order valence-corrected chi connectivity index (χ3v) is 4.01. The van der Waals surface area contributed by atoms with Gasteiger partial charge in [0, 0.05) is 30.7 Å². The second kappa shape index (κ2) is 8.48. The van der Waals surface area contributed by atoms with E-state index in [4.69, 9.17) is 4.74 Å². The summed E-state index contributed by atoms with van der Waals surface area (Å²) < 4.78 is 7.04. The van der Waals surface area contributed by atoms with Gasteiger partial charge < -0.3 is 20.7 Å². The van der Waals surface area contributed by atoms with Crippen LogP contribution in [-0.4, -0.2) is 41.0 Å². The fourth-order valence-electron chi connectivity index (χ4n) is 2.73. The van der Waals surface area contributed by atoms with E-state index in [1.807, 2.05) is 13.1 Å². The summed E-state index contributed by atoms with van der Waals surface area (Å²) in [5.41, 5.74) is 2.31. The van der Waals surface area contributed by atoms with Gasteiger partial charge >= 0.3 is 6.03 Å². The van der Waals surface area contributed by atoms with E-state index in [0.29, 0.717) is 17.9 Å². The van der Waals surface area contributed by atoms with Crippen LogP contribution in [0.15, 0.2) is 36.7 Å². The molecule has 1 atom stereocenters. The van der Waals surface area contributed by atoms with Gasteiger partial charge in [0.25, 0.3) is 0 Å². The van der Waals surface area contributed by atoms with Crippen LogP contribution in [0, 0.1) is 6.92 Å². The maximum atomic E-state index is 12.0. The molecule has 1 unspecified atom stereocenters. The molecule has 8 heteroatoms. The highest BCUT2D eigenvalue weighted by Gasteiger charge is 2.16. The Bertz CT molecular complexity index is 750. The molecule has 1 aromatic carbocycles. The molecule has 1 aliphatic heterocycles. The van der Waals surface area contributed by atoms with Gasteiger partial charge in [-0.3, -0.25) is 9.48 Å². The molecule has 0 saturated carbocycles. The van der Waals surface area contributed by atoms with Crippen LogP contribution in [0.4, 0.5) is 16.2 Å². The van der Waals surface area contributed by atoms with Crippen LogP contribution in [0.1, 0.15) is 18.4 Å². The van der Waals surface area contributed by atoms with Crippen molar-refractivity contribution in [3.8, 4) is 0 Å². The Kier molecular flexibility index (Phi) is 5.85. The molecule has 138 valence electrons. The summed E-state index contributed by atoms with van der Waals surface area (Å²) >= 11 is 0. The van der Waals surface area contributed by atoms with Crippen molar-refractivity contribution in [2.75, 3.05) is 23.8 Å². The topological polar surface area (TPSA) is 97.3 Å². The van der Waals surface area contributed by atoms with Crippen molar-refractivity contribution in [2.24, 2.45) is 0 Å². The molecule has 0 radical (unpaired) electrons. The third kappa shape index (κ3) is 5.32. The first-order valence-electron chi connectivity index (χ1n) is 8.64. The number of hydrogen-bond acceptors (Lipinski definition) is 4. The van der Waals surface area contributed by atoms with Gasteiger partial charge in [0.1, 0.15) is 6.54 Å². The molecular weight excluding hydrogens is 334 g/mol. The van der Waals surface area contributed by atoms with Gasteiger partial charge in [-0.05, 0) is 49.6 Å². The number of aryl methyl sites for hydroxylation is 1. The molecule has 8 nitrogen and oxygen atoms in total. The van der Waals surface area contributed by atoms with Crippen LogP contribution in [0.3, 0.4) is 0 Å². The second-order valence-corrected chi connectivity index (χ2v) is 6.31. The lowest BCUT2D eigenvalue weighted by Gasteiger charge is -2.12. The Balaban J connectivity index is 1.43. The number of carbonyl (C=O) groups is 2. The minimum absolute atomic E-state index is 0.108. The lowest BCUT2D eigenvalue weighted by atomic mass is 10.2. The summed E-state index contributed by atoms with van der Waals surface area (Å²) in [6, 6.07) is 6.68. The molecule has 3 N–H and O–H groups in total. The van der Waals surface area contributed by atoms with Crippen LogP contribution in [0.2, 0.25) is 0 Å². The van der Waals surface area contributed by atoms with Crippen molar-refractivity contribution in [1.82, 2.24) is 15.1 Å². The molecule has 2 aromatic rings. The van der Waals surface area contributed by atoms with E-state index < -0.39 is 0 Å². The Morgan fingerprint density at radius 2 is 1.96 bits per heavy atom. The van der Waals surface area contributed by atoms with E-state index in [-0.39, 0.29) is 24.6 Å². The summed E-state index contributed by atoms with van der Waals surface area (Å²) in [6.45, 7) is 3.34. The van der Waals surface area contributed by atoms with Gasteiger partial charge in [0.2, 0.25) is 5.91 Å². The Morgan fingerprint density at radius 3 is 2.58 bits per heavy atom. The molecule has 1 aliphatic rings. The predicted octanol–water partition coefficient (Wildman–Crippen LogP) is 2.13. The number of hydrogen-bond donors (Lipinski definition) is 3. The highest BCUT2D eigenvalue weighted by Crippen LogP contribution is 2.14.